The number of hydrogen-bond acceptors (Lipinski definition) is 3. The van der Waals surface area contributed by atoms with E-state index in [0.29, 0.717) is 12.1 Å². The van der Waals surface area contributed by atoms with E-state index in [1.165, 1.54) is 6.07 Å². The fourth-order valence-electron chi connectivity index (χ4n) is 3.14. The smallest absolute Gasteiger partial charge is 0.123 e. The first-order chi connectivity index (χ1) is 8.72. The Balaban J connectivity index is 1.75. The van der Waals surface area contributed by atoms with Crippen molar-refractivity contribution in [3.63, 3.8) is 0 Å². The summed E-state index contributed by atoms with van der Waals surface area (Å²) in [6, 6.07) is 7.91. The molecule has 4 heteroatoms. The molecule has 98 valence electrons. The third-order valence-corrected chi connectivity index (χ3v) is 3.96. The molecule has 2 saturated heterocycles. The summed E-state index contributed by atoms with van der Waals surface area (Å²) in [7, 11) is 0. The number of nitrogens with zero attached hydrogens (tertiary/aromatic N) is 1. The van der Waals surface area contributed by atoms with Crippen molar-refractivity contribution in [3.8, 4) is 0 Å². The molecule has 0 amide bonds. The van der Waals surface area contributed by atoms with Crippen LogP contribution in [0.3, 0.4) is 0 Å². The number of benzene rings is 1. The van der Waals surface area contributed by atoms with Gasteiger partial charge in [0.05, 0.1) is 13.2 Å². The largest absolute Gasteiger partial charge is 0.378 e. The van der Waals surface area contributed by atoms with E-state index in [1.54, 1.807) is 12.1 Å². The molecule has 2 bridgehead atoms. The van der Waals surface area contributed by atoms with Gasteiger partial charge in [-0.25, -0.2) is 4.39 Å². The van der Waals surface area contributed by atoms with Crippen molar-refractivity contribution in [3.05, 3.63) is 35.6 Å². The molecule has 0 saturated carbocycles. The molecule has 0 aromatic heterocycles. The highest BCUT2D eigenvalue weighted by atomic mass is 19.1. The van der Waals surface area contributed by atoms with Gasteiger partial charge < -0.3 is 10.5 Å². The van der Waals surface area contributed by atoms with E-state index in [4.69, 9.17) is 10.5 Å². The maximum Gasteiger partial charge on any atom is 0.123 e. The summed E-state index contributed by atoms with van der Waals surface area (Å²) in [5, 5.41) is 0. The number of morpholine rings is 1. The molecule has 2 atom stereocenters. The first-order valence-corrected chi connectivity index (χ1v) is 6.56. The highest BCUT2D eigenvalue weighted by molar-refractivity contribution is 5.17. The van der Waals surface area contributed by atoms with E-state index < -0.39 is 0 Å². The first-order valence-electron chi connectivity index (χ1n) is 6.56. The summed E-state index contributed by atoms with van der Waals surface area (Å²) >= 11 is 0. The molecule has 3 rings (SSSR count). The maximum absolute atomic E-state index is 13.2. The van der Waals surface area contributed by atoms with Crippen LogP contribution in [0.15, 0.2) is 24.3 Å². The number of halogens is 1. The number of fused-ring (bicyclic) bond motifs is 2. The van der Waals surface area contributed by atoms with Crippen LogP contribution in [0.2, 0.25) is 0 Å². The van der Waals surface area contributed by atoms with Gasteiger partial charge in [-0.1, -0.05) is 12.1 Å². The lowest BCUT2D eigenvalue weighted by Gasteiger charge is -2.47. The molecular formula is C14H19FN2O. The molecule has 2 unspecified atom stereocenters. The molecule has 2 aliphatic rings. The summed E-state index contributed by atoms with van der Waals surface area (Å²) in [4.78, 5) is 2.43. The molecule has 2 heterocycles. The minimum absolute atomic E-state index is 0.164. The highest BCUT2D eigenvalue weighted by Gasteiger charge is 2.37. The molecule has 0 aliphatic carbocycles. The molecule has 2 aliphatic heterocycles. The fourth-order valence-corrected chi connectivity index (χ4v) is 3.14. The number of hydrogen-bond donors (Lipinski definition) is 1. The van der Waals surface area contributed by atoms with Gasteiger partial charge in [0.15, 0.2) is 0 Å². The lowest BCUT2D eigenvalue weighted by atomic mass is 9.90. The molecule has 1 aromatic rings. The average Bonchev–Trinajstić information content (AvgIpc) is 2.30. The van der Waals surface area contributed by atoms with E-state index in [2.05, 4.69) is 4.90 Å². The molecule has 3 nitrogen and oxygen atoms in total. The Bertz CT molecular complexity index is 412. The van der Waals surface area contributed by atoms with Crippen LogP contribution < -0.4 is 5.73 Å². The van der Waals surface area contributed by atoms with Crippen LogP contribution in [-0.4, -0.2) is 36.2 Å². The van der Waals surface area contributed by atoms with Gasteiger partial charge in [0, 0.05) is 24.7 Å². The Morgan fingerprint density at radius 1 is 1.28 bits per heavy atom. The van der Waals surface area contributed by atoms with Crippen molar-refractivity contribution in [2.75, 3.05) is 13.2 Å². The second kappa shape index (κ2) is 4.96. The average molecular weight is 250 g/mol. The lowest BCUT2D eigenvalue weighted by molar-refractivity contribution is -0.0819. The molecule has 2 fully saturated rings. The van der Waals surface area contributed by atoms with Gasteiger partial charge in [-0.05, 0) is 30.5 Å². The molecular weight excluding hydrogens is 231 g/mol. The summed E-state index contributed by atoms with van der Waals surface area (Å²) in [6.07, 6.45) is 1.96. The zero-order valence-corrected chi connectivity index (χ0v) is 10.4. The van der Waals surface area contributed by atoms with E-state index in [1.807, 2.05) is 6.07 Å². The Morgan fingerprint density at radius 2 is 2.00 bits per heavy atom. The van der Waals surface area contributed by atoms with Crippen LogP contribution in [-0.2, 0) is 11.3 Å². The van der Waals surface area contributed by atoms with Crippen molar-refractivity contribution in [2.24, 2.45) is 5.73 Å². The molecule has 1 aromatic carbocycles. The van der Waals surface area contributed by atoms with Crippen molar-refractivity contribution in [1.82, 2.24) is 4.90 Å². The van der Waals surface area contributed by atoms with Crippen LogP contribution in [0.4, 0.5) is 4.39 Å². The maximum atomic E-state index is 13.2. The highest BCUT2D eigenvalue weighted by Crippen LogP contribution is 2.28. The number of rotatable bonds is 2. The molecule has 0 spiro atoms. The third-order valence-electron chi connectivity index (χ3n) is 3.96. The number of ether oxygens (including phenoxy) is 1. The summed E-state index contributed by atoms with van der Waals surface area (Å²) in [5.74, 6) is -0.164. The van der Waals surface area contributed by atoms with Crippen molar-refractivity contribution in [2.45, 2.75) is 37.5 Å². The summed E-state index contributed by atoms with van der Waals surface area (Å²) < 4.78 is 18.8. The summed E-state index contributed by atoms with van der Waals surface area (Å²) in [5.41, 5.74) is 7.09. The van der Waals surface area contributed by atoms with Gasteiger partial charge >= 0.3 is 0 Å². The van der Waals surface area contributed by atoms with Crippen LogP contribution in [0, 0.1) is 5.82 Å². The van der Waals surface area contributed by atoms with Gasteiger partial charge in [-0.15, -0.1) is 0 Å². The monoisotopic (exact) mass is 250 g/mol. The normalized spacial score (nSPS) is 32.4. The van der Waals surface area contributed by atoms with Crippen molar-refractivity contribution in [1.29, 1.82) is 0 Å². The standard InChI is InChI=1S/C14H19FN2O/c15-11-3-1-2-10(4-11)7-17-13-5-12(16)6-14(17)9-18-8-13/h1-4,12-14H,5-9,16H2. The van der Waals surface area contributed by atoms with Crippen LogP contribution >= 0.6 is 0 Å². The lowest BCUT2D eigenvalue weighted by Crippen LogP contribution is -2.58. The Kier molecular flexibility index (Phi) is 3.33. The Morgan fingerprint density at radius 3 is 2.67 bits per heavy atom. The predicted octanol–water partition coefficient (Wildman–Crippen LogP) is 1.52. The quantitative estimate of drug-likeness (QED) is 0.865. The van der Waals surface area contributed by atoms with E-state index in [9.17, 15) is 4.39 Å². The predicted molar refractivity (Wildman–Crippen MR) is 67.5 cm³/mol. The Hall–Kier alpha value is -0.970. The van der Waals surface area contributed by atoms with Crippen LogP contribution in [0.25, 0.3) is 0 Å². The van der Waals surface area contributed by atoms with Gasteiger partial charge in [-0.2, -0.15) is 0 Å². The number of nitrogens with two attached hydrogens (primary N) is 1. The molecule has 0 radical (unpaired) electrons. The molecule has 18 heavy (non-hydrogen) atoms. The second-order valence-electron chi connectivity index (χ2n) is 5.38. The zero-order valence-electron chi connectivity index (χ0n) is 10.4. The van der Waals surface area contributed by atoms with Gasteiger partial charge in [0.2, 0.25) is 0 Å². The van der Waals surface area contributed by atoms with Gasteiger partial charge in [0.25, 0.3) is 0 Å². The SMILES string of the molecule is NC1CC2COCC(C1)N2Cc1cccc(F)c1. The van der Waals surface area contributed by atoms with Crippen LogP contribution in [0.1, 0.15) is 18.4 Å². The third kappa shape index (κ3) is 2.41. The first kappa shape index (κ1) is 12.1. The van der Waals surface area contributed by atoms with E-state index in [0.717, 1.165) is 38.2 Å². The minimum atomic E-state index is -0.164. The number of piperidine rings is 1. The zero-order chi connectivity index (χ0) is 12.5. The van der Waals surface area contributed by atoms with Gasteiger partial charge in [-0.3, -0.25) is 4.90 Å². The van der Waals surface area contributed by atoms with E-state index in [-0.39, 0.29) is 11.9 Å². The Labute approximate surface area is 107 Å². The van der Waals surface area contributed by atoms with Crippen molar-refractivity contribution < 1.29 is 9.13 Å². The van der Waals surface area contributed by atoms with Crippen LogP contribution in [0.5, 0.6) is 0 Å². The summed E-state index contributed by atoms with van der Waals surface area (Å²) in [6.45, 7) is 2.29. The fraction of sp³-hybridized carbons (Fsp3) is 0.571. The van der Waals surface area contributed by atoms with Gasteiger partial charge in [0.1, 0.15) is 5.82 Å². The second-order valence-corrected chi connectivity index (χ2v) is 5.38. The van der Waals surface area contributed by atoms with Crippen molar-refractivity contribution >= 4 is 0 Å². The topological polar surface area (TPSA) is 38.5 Å². The minimum Gasteiger partial charge on any atom is -0.378 e. The molecule has 2 N–H and O–H groups in total. The van der Waals surface area contributed by atoms with E-state index >= 15 is 0 Å².